The number of rotatable bonds is 10. The summed E-state index contributed by atoms with van der Waals surface area (Å²) >= 11 is 0. The summed E-state index contributed by atoms with van der Waals surface area (Å²) in [4.78, 5) is 4.44. The fourth-order valence-corrected chi connectivity index (χ4v) is 3.51. The third kappa shape index (κ3) is 8.58. The molecule has 1 atom stereocenters. The molecule has 0 spiro atoms. The van der Waals surface area contributed by atoms with Crippen molar-refractivity contribution < 1.29 is 13.2 Å². The molecule has 0 radical (unpaired) electrons. The molecule has 9 heteroatoms. The molecule has 0 aliphatic carbocycles. The van der Waals surface area contributed by atoms with Crippen LogP contribution >= 0.6 is 24.0 Å². The number of hydrogen-bond acceptors (Lipinski definition) is 4. The first-order valence-corrected chi connectivity index (χ1v) is 11.1. The van der Waals surface area contributed by atoms with Crippen molar-refractivity contribution in [1.82, 2.24) is 15.4 Å². The Labute approximate surface area is 196 Å². The van der Waals surface area contributed by atoms with Crippen LogP contribution in [0.1, 0.15) is 30.6 Å². The minimum atomic E-state index is -3.45. The smallest absolute Gasteiger partial charge is 0.240 e. The molecule has 2 aromatic rings. The summed E-state index contributed by atoms with van der Waals surface area (Å²) in [6.07, 6.45) is 0.906. The van der Waals surface area contributed by atoms with Gasteiger partial charge < -0.3 is 15.4 Å². The molecule has 0 amide bonds. The molecule has 166 valence electrons. The zero-order valence-corrected chi connectivity index (χ0v) is 20.7. The third-order valence-electron chi connectivity index (χ3n) is 4.41. The number of halogens is 1. The van der Waals surface area contributed by atoms with Gasteiger partial charge in [0.25, 0.3) is 0 Å². The van der Waals surface area contributed by atoms with E-state index in [1.54, 1.807) is 25.2 Å². The molecule has 0 bridgehead atoms. The Hall–Kier alpha value is -1.69. The molecule has 3 N–H and O–H groups in total. The van der Waals surface area contributed by atoms with Gasteiger partial charge in [-0.05, 0) is 43.7 Å². The lowest BCUT2D eigenvalue weighted by molar-refractivity contribution is 0.0646. The van der Waals surface area contributed by atoms with E-state index in [2.05, 4.69) is 32.5 Å². The molecule has 2 aromatic carbocycles. The molecule has 0 heterocycles. The largest absolute Gasteiger partial charge is 0.374 e. The number of hydrogen-bond donors (Lipinski definition) is 3. The van der Waals surface area contributed by atoms with Crippen molar-refractivity contribution in [3.63, 3.8) is 0 Å². The highest BCUT2D eigenvalue weighted by Gasteiger charge is 2.11. The number of nitrogens with one attached hydrogen (secondary N) is 3. The van der Waals surface area contributed by atoms with Crippen LogP contribution in [0.15, 0.2) is 64.5 Å². The van der Waals surface area contributed by atoms with Crippen molar-refractivity contribution in [2.24, 2.45) is 4.99 Å². The van der Waals surface area contributed by atoms with E-state index in [9.17, 15) is 8.42 Å². The van der Waals surface area contributed by atoms with Crippen LogP contribution in [-0.4, -0.2) is 41.6 Å². The fourth-order valence-electron chi connectivity index (χ4n) is 2.71. The summed E-state index contributed by atoms with van der Waals surface area (Å²) in [6, 6.07) is 16.9. The van der Waals surface area contributed by atoms with E-state index in [0.717, 1.165) is 18.5 Å². The Morgan fingerprint density at radius 2 is 1.83 bits per heavy atom. The van der Waals surface area contributed by atoms with Gasteiger partial charge in [0.1, 0.15) is 0 Å². The maximum Gasteiger partial charge on any atom is 0.240 e. The minimum Gasteiger partial charge on any atom is -0.374 e. The molecule has 7 nitrogen and oxygen atoms in total. The van der Waals surface area contributed by atoms with Gasteiger partial charge in [-0.2, -0.15) is 0 Å². The van der Waals surface area contributed by atoms with E-state index in [1.165, 1.54) is 12.6 Å². The zero-order chi connectivity index (χ0) is 21.1. The number of nitrogens with zero attached hydrogens (tertiary/aromatic N) is 1. The van der Waals surface area contributed by atoms with E-state index >= 15 is 0 Å². The molecular formula is C21H31IN4O3S. The Morgan fingerprint density at radius 1 is 1.10 bits per heavy atom. The van der Waals surface area contributed by atoms with Crippen molar-refractivity contribution >= 4 is 40.0 Å². The number of aliphatic imine (C=N–C) groups is 1. The molecule has 1 unspecified atom stereocenters. The average Bonchev–Trinajstić information content (AvgIpc) is 2.76. The maximum atomic E-state index is 11.9. The highest BCUT2D eigenvalue weighted by molar-refractivity contribution is 14.0. The molecule has 0 fully saturated rings. The van der Waals surface area contributed by atoms with Gasteiger partial charge in [0.2, 0.25) is 10.0 Å². The number of guanidine groups is 1. The molecule has 30 heavy (non-hydrogen) atoms. The van der Waals surface area contributed by atoms with Crippen molar-refractivity contribution in [2.75, 3.05) is 27.2 Å². The van der Waals surface area contributed by atoms with Gasteiger partial charge in [0.05, 0.1) is 11.0 Å². The van der Waals surface area contributed by atoms with Gasteiger partial charge in [-0.1, -0.05) is 42.5 Å². The van der Waals surface area contributed by atoms with Gasteiger partial charge >= 0.3 is 0 Å². The number of sulfonamides is 1. The first-order chi connectivity index (χ1) is 14.0. The van der Waals surface area contributed by atoms with Gasteiger partial charge in [-0.25, -0.2) is 13.1 Å². The van der Waals surface area contributed by atoms with Crippen LogP contribution in [0.4, 0.5) is 0 Å². The second-order valence-electron chi connectivity index (χ2n) is 6.48. The SMILES string of the molecule is CN=C(NCCCOC(C)c1ccccc1)NCc1cccc(S(=O)(=O)NC)c1.I. The second-order valence-corrected chi connectivity index (χ2v) is 8.37. The van der Waals surface area contributed by atoms with E-state index < -0.39 is 10.0 Å². The van der Waals surface area contributed by atoms with Crippen LogP contribution < -0.4 is 15.4 Å². The number of ether oxygens (including phenoxy) is 1. The van der Waals surface area contributed by atoms with Crippen LogP contribution in [0.25, 0.3) is 0 Å². The molecule has 0 aromatic heterocycles. The molecular weight excluding hydrogens is 515 g/mol. The van der Waals surface area contributed by atoms with Crippen molar-refractivity contribution in [3.8, 4) is 0 Å². The van der Waals surface area contributed by atoms with Crippen LogP contribution in [0.3, 0.4) is 0 Å². The number of benzene rings is 2. The highest BCUT2D eigenvalue weighted by Crippen LogP contribution is 2.15. The lowest BCUT2D eigenvalue weighted by Crippen LogP contribution is -2.37. The fraction of sp³-hybridized carbons (Fsp3) is 0.381. The van der Waals surface area contributed by atoms with Crippen molar-refractivity contribution in [1.29, 1.82) is 0 Å². The van der Waals surface area contributed by atoms with E-state index in [0.29, 0.717) is 19.1 Å². The monoisotopic (exact) mass is 546 g/mol. The topological polar surface area (TPSA) is 91.8 Å². The Balaban J connectivity index is 0.00000450. The standard InChI is InChI=1S/C21H30N4O3S.HI/c1-17(19-10-5-4-6-11-19)28-14-8-13-24-21(22-2)25-16-18-9-7-12-20(15-18)29(26,27)23-3;/h4-7,9-12,15,17,23H,8,13-14,16H2,1-3H3,(H2,22,24,25);1H. The van der Waals surface area contributed by atoms with E-state index in [1.807, 2.05) is 31.2 Å². The maximum absolute atomic E-state index is 11.9. The first kappa shape index (κ1) is 26.3. The van der Waals surface area contributed by atoms with Crippen molar-refractivity contribution in [2.45, 2.75) is 30.9 Å². The second kappa shape index (κ2) is 13.6. The predicted octanol–water partition coefficient (Wildman–Crippen LogP) is 3.05. The van der Waals surface area contributed by atoms with Crippen LogP contribution in [0.2, 0.25) is 0 Å². The van der Waals surface area contributed by atoms with Crippen LogP contribution in [0, 0.1) is 0 Å². The van der Waals surface area contributed by atoms with Crippen molar-refractivity contribution in [3.05, 3.63) is 65.7 Å². The Morgan fingerprint density at radius 3 is 2.50 bits per heavy atom. The van der Waals surface area contributed by atoms with Crippen LogP contribution in [0.5, 0.6) is 0 Å². The Bertz CT molecular complexity index is 892. The zero-order valence-electron chi connectivity index (χ0n) is 17.6. The van der Waals surface area contributed by atoms with Gasteiger partial charge in [0.15, 0.2) is 5.96 Å². The molecule has 0 saturated carbocycles. The molecule has 0 aliphatic heterocycles. The summed E-state index contributed by atoms with van der Waals surface area (Å²) in [6.45, 7) is 3.87. The summed E-state index contributed by atoms with van der Waals surface area (Å²) in [5.74, 6) is 0.656. The van der Waals surface area contributed by atoms with Gasteiger partial charge in [0, 0.05) is 26.7 Å². The Kier molecular flexibility index (Phi) is 11.9. The summed E-state index contributed by atoms with van der Waals surface area (Å²) in [5, 5.41) is 6.43. The molecule has 0 saturated heterocycles. The first-order valence-electron chi connectivity index (χ1n) is 9.60. The predicted molar refractivity (Wildman–Crippen MR) is 132 cm³/mol. The minimum absolute atomic E-state index is 0. The quantitative estimate of drug-likeness (QED) is 0.185. The lowest BCUT2D eigenvalue weighted by atomic mass is 10.1. The van der Waals surface area contributed by atoms with Crippen LogP contribution in [-0.2, 0) is 21.3 Å². The average molecular weight is 546 g/mol. The van der Waals surface area contributed by atoms with Gasteiger partial charge in [-0.15, -0.1) is 24.0 Å². The van der Waals surface area contributed by atoms with E-state index in [4.69, 9.17) is 4.74 Å². The highest BCUT2D eigenvalue weighted by atomic mass is 127. The summed E-state index contributed by atoms with van der Waals surface area (Å²) < 4.78 is 32.0. The van der Waals surface area contributed by atoms with Gasteiger partial charge in [-0.3, -0.25) is 4.99 Å². The molecule has 0 aliphatic rings. The summed E-state index contributed by atoms with van der Waals surface area (Å²) in [5.41, 5.74) is 2.02. The third-order valence-corrected chi connectivity index (χ3v) is 5.82. The van der Waals surface area contributed by atoms with E-state index in [-0.39, 0.29) is 35.0 Å². The lowest BCUT2D eigenvalue weighted by Gasteiger charge is -2.15. The molecule has 2 rings (SSSR count). The normalized spacial score (nSPS) is 12.7. The summed E-state index contributed by atoms with van der Waals surface area (Å²) in [7, 11) is -0.351.